The Labute approximate surface area is 129 Å². The zero-order chi connectivity index (χ0) is 15.5. The van der Waals surface area contributed by atoms with Crippen molar-refractivity contribution in [3.05, 3.63) is 0 Å². The van der Waals surface area contributed by atoms with Crippen molar-refractivity contribution in [2.75, 3.05) is 25.9 Å². The summed E-state index contributed by atoms with van der Waals surface area (Å²) in [5.74, 6) is 1.25. The molecule has 1 heterocycles. The Balaban J connectivity index is 1.80. The number of hydrogen-bond acceptors (Lipinski definition) is 5. The van der Waals surface area contributed by atoms with E-state index in [4.69, 9.17) is 0 Å². The molecule has 21 heavy (non-hydrogen) atoms. The molecule has 2 rings (SSSR count). The third-order valence-corrected chi connectivity index (χ3v) is 6.48. The average molecular weight is 317 g/mol. The van der Waals surface area contributed by atoms with Gasteiger partial charge in [0.15, 0.2) is 0 Å². The first kappa shape index (κ1) is 17.2. The maximum absolute atomic E-state index is 11.6. The second kappa shape index (κ2) is 7.40. The van der Waals surface area contributed by atoms with Gasteiger partial charge in [-0.25, -0.2) is 8.42 Å². The number of sulfone groups is 1. The average Bonchev–Trinajstić information content (AvgIpc) is 2.45. The molecule has 1 aliphatic heterocycles. The van der Waals surface area contributed by atoms with Crippen molar-refractivity contribution in [1.82, 2.24) is 16.0 Å². The molecule has 5 nitrogen and oxygen atoms in total. The molecule has 124 valence electrons. The quantitative estimate of drug-likeness (QED) is 0.697. The molecule has 1 saturated heterocycles. The normalized spacial score (nSPS) is 35.0. The second-order valence-electron chi connectivity index (χ2n) is 7.15. The molecule has 2 fully saturated rings. The van der Waals surface area contributed by atoms with Crippen LogP contribution in [0.4, 0.5) is 0 Å². The van der Waals surface area contributed by atoms with E-state index >= 15 is 0 Å². The Morgan fingerprint density at radius 1 is 1.14 bits per heavy atom. The molecule has 0 spiro atoms. The van der Waals surface area contributed by atoms with Crippen molar-refractivity contribution in [2.45, 2.75) is 57.0 Å². The minimum Gasteiger partial charge on any atom is -0.312 e. The van der Waals surface area contributed by atoms with Crippen LogP contribution in [-0.4, -0.2) is 51.8 Å². The Bertz CT molecular complexity index is 417. The Morgan fingerprint density at radius 3 is 2.38 bits per heavy atom. The first-order valence-corrected chi connectivity index (χ1v) is 10.2. The summed E-state index contributed by atoms with van der Waals surface area (Å²) in [5, 5.41) is 10.7. The third-order valence-electron chi connectivity index (χ3n) is 4.79. The van der Waals surface area contributed by atoms with E-state index in [1.54, 1.807) is 0 Å². The first-order valence-electron chi connectivity index (χ1n) is 8.25. The lowest BCUT2D eigenvalue weighted by Gasteiger charge is -2.39. The van der Waals surface area contributed by atoms with Crippen molar-refractivity contribution in [2.24, 2.45) is 11.8 Å². The van der Waals surface area contributed by atoms with Gasteiger partial charge < -0.3 is 10.6 Å². The number of hydrogen-bond donors (Lipinski definition) is 3. The van der Waals surface area contributed by atoms with E-state index in [0.717, 1.165) is 45.3 Å². The molecule has 1 aliphatic carbocycles. The number of nitrogens with one attached hydrogen (secondary N) is 3. The Kier molecular flexibility index (Phi) is 6.05. The van der Waals surface area contributed by atoms with Crippen molar-refractivity contribution >= 4 is 9.84 Å². The first-order chi connectivity index (χ1) is 9.86. The summed E-state index contributed by atoms with van der Waals surface area (Å²) >= 11 is 0. The fourth-order valence-electron chi connectivity index (χ4n) is 3.49. The third kappa shape index (κ3) is 5.20. The van der Waals surface area contributed by atoms with E-state index in [2.05, 4.69) is 29.8 Å². The van der Waals surface area contributed by atoms with Crippen LogP contribution in [0.5, 0.6) is 0 Å². The van der Waals surface area contributed by atoms with E-state index in [0.29, 0.717) is 24.0 Å². The fraction of sp³-hybridized carbons (Fsp3) is 1.00. The molecule has 0 aromatic carbocycles. The van der Waals surface area contributed by atoms with Crippen LogP contribution < -0.4 is 16.0 Å². The standard InChI is InChI=1S/C15H31N3O2S/c1-11(2)8-17-15-10-16-9-14(18-15)12-4-6-13(7-5-12)21(3,19)20/h11-18H,4-10H2,1-3H3. The minimum atomic E-state index is -2.86. The maximum atomic E-state index is 11.6. The van der Waals surface area contributed by atoms with Crippen LogP contribution in [0.15, 0.2) is 0 Å². The summed E-state index contributed by atoms with van der Waals surface area (Å²) < 4.78 is 23.3. The molecule has 0 radical (unpaired) electrons. The van der Waals surface area contributed by atoms with E-state index in [9.17, 15) is 8.42 Å². The van der Waals surface area contributed by atoms with Gasteiger partial charge in [0.2, 0.25) is 0 Å². The van der Waals surface area contributed by atoms with Gasteiger partial charge >= 0.3 is 0 Å². The molecule has 2 unspecified atom stereocenters. The van der Waals surface area contributed by atoms with Crippen molar-refractivity contribution < 1.29 is 8.42 Å². The molecule has 3 N–H and O–H groups in total. The predicted octanol–water partition coefficient (Wildman–Crippen LogP) is 0.723. The molecule has 2 aliphatic rings. The predicted molar refractivity (Wildman–Crippen MR) is 87.0 cm³/mol. The summed E-state index contributed by atoms with van der Waals surface area (Å²) in [6, 6.07) is 0.462. The van der Waals surface area contributed by atoms with Gasteiger partial charge in [0.1, 0.15) is 9.84 Å². The van der Waals surface area contributed by atoms with Gasteiger partial charge in [-0.2, -0.15) is 0 Å². The van der Waals surface area contributed by atoms with Gasteiger partial charge in [0.25, 0.3) is 0 Å². The van der Waals surface area contributed by atoms with E-state index < -0.39 is 9.84 Å². The van der Waals surface area contributed by atoms with Crippen LogP contribution >= 0.6 is 0 Å². The van der Waals surface area contributed by atoms with Crippen molar-refractivity contribution in [1.29, 1.82) is 0 Å². The zero-order valence-electron chi connectivity index (χ0n) is 13.6. The van der Waals surface area contributed by atoms with Gasteiger partial charge in [-0.05, 0) is 44.1 Å². The maximum Gasteiger partial charge on any atom is 0.150 e. The van der Waals surface area contributed by atoms with Crippen molar-refractivity contribution in [3.8, 4) is 0 Å². The summed E-state index contributed by atoms with van der Waals surface area (Å²) in [6.45, 7) is 7.41. The highest BCUT2D eigenvalue weighted by molar-refractivity contribution is 7.91. The largest absolute Gasteiger partial charge is 0.312 e. The molecule has 6 heteroatoms. The van der Waals surface area contributed by atoms with Gasteiger partial charge in [-0.3, -0.25) is 5.32 Å². The lowest BCUT2D eigenvalue weighted by molar-refractivity contribution is 0.200. The van der Waals surface area contributed by atoms with E-state index in [1.807, 2.05) is 0 Å². The smallest absolute Gasteiger partial charge is 0.150 e. The summed E-state index contributed by atoms with van der Waals surface area (Å²) in [5.41, 5.74) is 0. The van der Waals surface area contributed by atoms with Crippen LogP contribution in [0.25, 0.3) is 0 Å². The number of rotatable bonds is 5. The van der Waals surface area contributed by atoms with Crippen LogP contribution in [0.1, 0.15) is 39.5 Å². The van der Waals surface area contributed by atoms with E-state index in [1.165, 1.54) is 6.26 Å². The summed E-state index contributed by atoms with van der Waals surface area (Å²) in [6.07, 6.45) is 5.41. The Morgan fingerprint density at radius 2 is 1.81 bits per heavy atom. The summed E-state index contributed by atoms with van der Waals surface area (Å²) in [7, 11) is -2.86. The molecular weight excluding hydrogens is 286 g/mol. The molecule has 0 aromatic heterocycles. The fourth-order valence-corrected chi connectivity index (χ4v) is 4.62. The van der Waals surface area contributed by atoms with Gasteiger partial charge in [-0.1, -0.05) is 13.8 Å². The molecular formula is C15H31N3O2S. The molecule has 0 aromatic rings. The molecule has 2 atom stereocenters. The van der Waals surface area contributed by atoms with Crippen LogP contribution in [0.3, 0.4) is 0 Å². The lowest BCUT2D eigenvalue weighted by atomic mass is 9.83. The van der Waals surface area contributed by atoms with Gasteiger partial charge in [0, 0.05) is 25.4 Å². The monoisotopic (exact) mass is 317 g/mol. The van der Waals surface area contributed by atoms with Gasteiger partial charge in [-0.15, -0.1) is 0 Å². The van der Waals surface area contributed by atoms with Crippen molar-refractivity contribution in [3.63, 3.8) is 0 Å². The topological polar surface area (TPSA) is 70.2 Å². The molecule has 0 amide bonds. The van der Waals surface area contributed by atoms with Crippen LogP contribution in [0, 0.1) is 11.8 Å². The Hall–Kier alpha value is -0.170. The highest BCUT2D eigenvalue weighted by atomic mass is 32.2. The molecule has 0 bridgehead atoms. The SMILES string of the molecule is CC(C)CNC1CNCC(C2CCC(S(C)(=O)=O)CC2)N1. The lowest BCUT2D eigenvalue weighted by Crippen LogP contribution is -2.63. The van der Waals surface area contributed by atoms with Crippen LogP contribution in [0.2, 0.25) is 0 Å². The highest BCUT2D eigenvalue weighted by Gasteiger charge is 2.33. The van der Waals surface area contributed by atoms with Gasteiger partial charge in [0.05, 0.1) is 11.4 Å². The number of piperazine rings is 1. The van der Waals surface area contributed by atoms with Crippen LogP contribution in [-0.2, 0) is 9.84 Å². The van der Waals surface area contributed by atoms with E-state index in [-0.39, 0.29) is 5.25 Å². The minimum absolute atomic E-state index is 0.111. The summed E-state index contributed by atoms with van der Waals surface area (Å²) in [4.78, 5) is 0. The second-order valence-corrected chi connectivity index (χ2v) is 9.48. The molecule has 1 saturated carbocycles. The highest BCUT2D eigenvalue weighted by Crippen LogP contribution is 2.30. The zero-order valence-corrected chi connectivity index (χ0v) is 14.4.